The number of nitrogens with one attached hydrogen (secondary N) is 1. The lowest BCUT2D eigenvalue weighted by Crippen LogP contribution is -2.16. The van der Waals surface area contributed by atoms with Crippen LogP contribution in [0.15, 0.2) is 30.6 Å². The quantitative estimate of drug-likeness (QED) is 0.842. The smallest absolute Gasteiger partial charge is 0.138 e. The van der Waals surface area contributed by atoms with Crippen LogP contribution >= 0.6 is 0 Å². The second kappa shape index (κ2) is 6.10. The third-order valence-electron chi connectivity index (χ3n) is 2.67. The van der Waals surface area contributed by atoms with E-state index in [1.54, 1.807) is 12.4 Å². The number of nitrogens with two attached hydrogens (primary N) is 1. The van der Waals surface area contributed by atoms with Gasteiger partial charge in [-0.15, -0.1) is 0 Å². The monoisotopic (exact) mass is 258 g/mol. The molecule has 0 saturated heterocycles. The maximum absolute atomic E-state index is 5.48. The number of pyridine rings is 1. The molecule has 100 valence electrons. The SMILES string of the molecule is Cc1nc(NCCN)cc(N(C)c2ccncc2)n1. The van der Waals surface area contributed by atoms with Gasteiger partial charge in [0.05, 0.1) is 0 Å². The van der Waals surface area contributed by atoms with Crippen LogP contribution in [0, 0.1) is 6.92 Å². The van der Waals surface area contributed by atoms with Crippen LogP contribution in [0.2, 0.25) is 0 Å². The van der Waals surface area contributed by atoms with E-state index in [1.165, 1.54) is 0 Å². The Kier molecular flexibility index (Phi) is 4.25. The van der Waals surface area contributed by atoms with Gasteiger partial charge in [-0.1, -0.05) is 0 Å². The van der Waals surface area contributed by atoms with Crippen molar-refractivity contribution in [1.82, 2.24) is 15.0 Å². The molecule has 0 atom stereocenters. The van der Waals surface area contributed by atoms with Gasteiger partial charge in [0.15, 0.2) is 0 Å². The number of anilines is 3. The van der Waals surface area contributed by atoms with Gasteiger partial charge in [0.2, 0.25) is 0 Å². The molecule has 6 nitrogen and oxygen atoms in total. The van der Waals surface area contributed by atoms with Gasteiger partial charge in [-0.2, -0.15) is 0 Å². The Morgan fingerprint density at radius 3 is 2.68 bits per heavy atom. The first kappa shape index (κ1) is 13.2. The fourth-order valence-corrected chi connectivity index (χ4v) is 1.71. The standard InChI is InChI=1S/C13H18N6/c1-10-17-12(16-8-5-14)9-13(18-10)19(2)11-3-6-15-7-4-11/h3-4,6-7,9H,5,8,14H2,1-2H3,(H,16,17,18). The molecule has 0 fully saturated rings. The minimum absolute atomic E-state index is 0.568. The Morgan fingerprint density at radius 1 is 1.26 bits per heavy atom. The van der Waals surface area contributed by atoms with Crippen molar-refractivity contribution in [2.24, 2.45) is 5.73 Å². The van der Waals surface area contributed by atoms with Gasteiger partial charge in [-0.3, -0.25) is 4.98 Å². The van der Waals surface area contributed by atoms with Gasteiger partial charge in [-0.25, -0.2) is 9.97 Å². The first-order valence-corrected chi connectivity index (χ1v) is 6.14. The molecule has 0 unspecified atom stereocenters. The van der Waals surface area contributed by atoms with E-state index in [-0.39, 0.29) is 0 Å². The third-order valence-corrected chi connectivity index (χ3v) is 2.67. The summed E-state index contributed by atoms with van der Waals surface area (Å²) in [6.07, 6.45) is 3.51. The van der Waals surface area contributed by atoms with Crippen LogP contribution in [-0.4, -0.2) is 35.1 Å². The summed E-state index contributed by atoms with van der Waals surface area (Å²) in [5.41, 5.74) is 6.51. The summed E-state index contributed by atoms with van der Waals surface area (Å²) in [5, 5.41) is 3.17. The average Bonchev–Trinajstić information content (AvgIpc) is 2.44. The fraction of sp³-hybridized carbons (Fsp3) is 0.308. The first-order valence-electron chi connectivity index (χ1n) is 6.14. The van der Waals surface area contributed by atoms with E-state index in [0.29, 0.717) is 13.1 Å². The van der Waals surface area contributed by atoms with E-state index < -0.39 is 0 Å². The molecule has 0 spiro atoms. The average molecular weight is 258 g/mol. The molecule has 3 N–H and O–H groups in total. The van der Waals surface area contributed by atoms with Crippen molar-refractivity contribution in [3.63, 3.8) is 0 Å². The molecule has 2 aromatic rings. The van der Waals surface area contributed by atoms with E-state index in [0.717, 1.165) is 23.1 Å². The summed E-state index contributed by atoms with van der Waals surface area (Å²) in [6.45, 7) is 3.13. The van der Waals surface area contributed by atoms with E-state index in [9.17, 15) is 0 Å². The molecule has 2 rings (SSSR count). The Balaban J connectivity index is 2.26. The van der Waals surface area contributed by atoms with Crippen molar-refractivity contribution in [1.29, 1.82) is 0 Å². The van der Waals surface area contributed by atoms with Gasteiger partial charge in [0, 0.05) is 44.3 Å². The van der Waals surface area contributed by atoms with Gasteiger partial charge in [0.25, 0.3) is 0 Å². The lowest BCUT2D eigenvalue weighted by atomic mass is 10.3. The van der Waals surface area contributed by atoms with Crippen LogP contribution in [-0.2, 0) is 0 Å². The Labute approximate surface area is 112 Å². The number of hydrogen-bond donors (Lipinski definition) is 2. The van der Waals surface area contributed by atoms with Crippen LogP contribution < -0.4 is 16.0 Å². The molecule has 2 heterocycles. The van der Waals surface area contributed by atoms with Gasteiger partial charge < -0.3 is 16.0 Å². The zero-order valence-corrected chi connectivity index (χ0v) is 11.2. The van der Waals surface area contributed by atoms with E-state index >= 15 is 0 Å². The molecular formula is C13H18N6. The van der Waals surface area contributed by atoms with E-state index in [1.807, 2.05) is 37.1 Å². The highest BCUT2D eigenvalue weighted by Crippen LogP contribution is 2.22. The summed E-state index contributed by atoms with van der Waals surface area (Å²) in [4.78, 5) is 14.8. The predicted molar refractivity (Wildman–Crippen MR) is 76.6 cm³/mol. The predicted octanol–water partition coefficient (Wildman–Crippen LogP) is 1.32. The lowest BCUT2D eigenvalue weighted by Gasteiger charge is -2.19. The molecule has 0 bridgehead atoms. The van der Waals surface area contributed by atoms with Crippen molar-refractivity contribution in [3.8, 4) is 0 Å². The normalized spacial score (nSPS) is 10.3. The molecule has 0 amide bonds. The minimum atomic E-state index is 0.568. The van der Waals surface area contributed by atoms with Crippen LogP contribution in [0.4, 0.5) is 17.3 Å². The second-order valence-corrected chi connectivity index (χ2v) is 4.14. The third kappa shape index (κ3) is 3.38. The van der Waals surface area contributed by atoms with Gasteiger partial charge in [0.1, 0.15) is 17.5 Å². The maximum atomic E-state index is 5.48. The van der Waals surface area contributed by atoms with E-state index in [4.69, 9.17) is 5.73 Å². The topological polar surface area (TPSA) is 80.0 Å². The molecule has 0 aliphatic heterocycles. The molecular weight excluding hydrogens is 240 g/mol. The summed E-state index contributed by atoms with van der Waals surface area (Å²) in [7, 11) is 1.96. The molecule has 19 heavy (non-hydrogen) atoms. The Hall–Kier alpha value is -2.21. The van der Waals surface area contributed by atoms with Gasteiger partial charge in [-0.05, 0) is 19.1 Å². The fourth-order valence-electron chi connectivity index (χ4n) is 1.71. The number of aryl methyl sites for hydroxylation is 1. The minimum Gasteiger partial charge on any atom is -0.369 e. The highest BCUT2D eigenvalue weighted by Gasteiger charge is 2.08. The number of nitrogens with zero attached hydrogens (tertiary/aromatic N) is 4. The maximum Gasteiger partial charge on any atom is 0.138 e. The lowest BCUT2D eigenvalue weighted by molar-refractivity contribution is 0.973. The molecule has 0 radical (unpaired) electrons. The second-order valence-electron chi connectivity index (χ2n) is 4.14. The van der Waals surface area contributed by atoms with Crippen molar-refractivity contribution in [2.45, 2.75) is 6.92 Å². The molecule has 0 aromatic carbocycles. The largest absolute Gasteiger partial charge is 0.369 e. The summed E-state index contributed by atoms with van der Waals surface area (Å²) in [5.74, 6) is 2.34. The van der Waals surface area contributed by atoms with Gasteiger partial charge >= 0.3 is 0 Å². The van der Waals surface area contributed by atoms with Crippen molar-refractivity contribution in [2.75, 3.05) is 30.4 Å². The summed E-state index contributed by atoms with van der Waals surface area (Å²) in [6, 6.07) is 5.78. The zero-order valence-electron chi connectivity index (χ0n) is 11.2. The highest BCUT2D eigenvalue weighted by atomic mass is 15.2. The molecule has 0 saturated carbocycles. The molecule has 0 aliphatic rings. The summed E-state index contributed by atoms with van der Waals surface area (Å²) < 4.78 is 0. The van der Waals surface area contributed by atoms with E-state index in [2.05, 4.69) is 20.3 Å². The van der Waals surface area contributed by atoms with Crippen LogP contribution in [0.25, 0.3) is 0 Å². The van der Waals surface area contributed by atoms with Crippen LogP contribution in [0.5, 0.6) is 0 Å². The van der Waals surface area contributed by atoms with Crippen molar-refractivity contribution < 1.29 is 0 Å². The molecule has 0 aliphatic carbocycles. The highest BCUT2D eigenvalue weighted by molar-refractivity contribution is 5.61. The summed E-state index contributed by atoms with van der Waals surface area (Å²) >= 11 is 0. The number of hydrogen-bond acceptors (Lipinski definition) is 6. The van der Waals surface area contributed by atoms with Crippen molar-refractivity contribution >= 4 is 17.3 Å². The Bertz CT molecular complexity index is 528. The number of aromatic nitrogens is 3. The Morgan fingerprint density at radius 2 is 2.00 bits per heavy atom. The molecule has 2 aromatic heterocycles. The molecule has 6 heteroatoms. The first-order chi connectivity index (χ1) is 9.20. The van der Waals surface area contributed by atoms with Crippen molar-refractivity contribution in [3.05, 3.63) is 36.4 Å². The van der Waals surface area contributed by atoms with Crippen LogP contribution in [0.1, 0.15) is 5.82 Å². The zero-order chi connectivity index (χ0) is 13.7. The van der Waals surface area contributed by atoms with Crippen LogP contribution in [0.3, 0.4) is 0 Å². The number of rotatable bonds is 5.